The molecule has 1 heterocycles. The molecule has 4 rings (SSSR count). The van der Waals surface area contributed by atoms with Gasteiger partial charge < -0.3 is 19.5 Å². The summed E-state index contributed by atoms with van der Waals surface area (Å²) in [5.41, 5.74) is -0.472. The fraction of sp³-hybridized carbons (Fsp3) is 0.115. The number of nitrogens with zero attached hydrogens (tertiary/aromatic N) is 2. The smallest absolute Gasteiger partial charge is 0.352 e. The van der Waals surface area contributed by atoms with E-state index in [4.69, 9.17) is 19.5 Å². The zero-order valence-corrected chi connectivity index (χ0v) is 19.0. The topological polar surface area (TPSA) is 93.5 Å². The number of nitriles is 1. The van der Waals surface area contributed by atoms with Gasteiger partial charge in [0.05, 0.1) is 36.9 Å². The molecule has 0 spiro atoms. The molecule has 7 nitrogen and oxygen atoms in total. The minimum Gasteiger partial charge on any atom is -0.493 e. The number of hydrogen-bond donors (Lipinski definition) is 1. The Morgan fingerprint density at radius 3 is 2.44 bits per heavy atom. The van der Waals surface area contributed by atoms with Gasteiger partial charge in [-0.1, -0.05) is 6.07 Å². The molecule has 0 saturated heterocycles. The number of methoxy groups -OCH3 is 2. The largest absolute Gasteiger partial charge is 0.493 e. The zero-order chi connectivity index (χ0) is 25.9. The molecule has 0 aliphatic heterocycles. The van der Waals surface area contributed by atoms with E-state index in [0.29, 0.717) is 22.4 Å². The van der Waals surface area contributed by atoms with Crippen LogP contribution in [0, 0.1) is 17.1 Å². The van der Waals surface area contributed by atoms with Crippen LogP contribution in [0.3, 0.4) is 0 Å². The maximum Gasteiger partial charge on any atom is 0.352 e. The van der Waals surface area contributed by atoms with Gasteiger partial charge >= 0.3 is 5.92 Å². The Hall–Kier alpha value is -4.78. The van der Waals surface area contributed by atoms with Crippen LogP contribution in [0.1, 0.15) is 11.1 Å². The summed E-state index contributed by atoms with van der Waals surface area (Å²) in [4.78, 5) is 16.5. The number of pyridine rings is 1. The summed E-state index contributed by atoms with van der Waals surface area (Å²) in [6.07, 6.45) is 1.47. The van der Waals surface area contributed by atoms with Crippen LogP contribution in [0.4, 0.5) is 18.9 Å². The number of benzene rings is 3. The number of alkyl halides is 2. The molecule has 4 aromatic rings. The van der Waals surface area contributed by atoms with Crippen molar-refractivity contribution in [2.24, 2.45) is 0 Å². The summed E-state index contributed by atoms with van der Waals surface area (Å²) in [6, 6.07) is 14.7. The lowest BCUT2D eigenvalue weighted by Gasteiger charge is -2.18. The summed E-state index contributed by atoms with van der Waals surface area (Å²) in [5, 5.41) is 11.5. The fourth-order valence-corrected chi connectivity index (χ4v) is 3.48. The molecule has 1 aromatic heterocycles. The highest BCUT2D eigenvalue weighted by Gasteiger charge is 2.43. The molecule has 0 saturated carbocycles. The van der Waals surface area contributed by atoms with Gasteiger partial charge in [0.25, 0.3) is 5.91 Å². The number of rotatable bonds is 7. The second-order valence-corrected chi connectivity index (χ2v) is 7.50. The first-order valence-corrected chi connectivity index (χ1v) is 10.4. The van der Waals surface area contributed by atoms with Crippen molar-refractivity contribution in [2.75, 3.05) is 19.5 Å². The Morgan fingerprint density at radius 2 is 1.75 bits per heavy atom. The lowest BCUT2D eigenvalue weighted by molar-refractivity contribution is -0.141. The number of carbonyl (C=O) groups excluding carboxylic acids is 1. The molecule has 0 radical (unpaired) electrons. The van der Waals surface area contributed by atoms with Crippen LogP contribution in [-0.4, -0.2) is 25.1 Å². The van der Waals surface area contributed by atoms with E-state index in [1.165, 1.54) is 50.7 Å². The van der Waals surface area contributed by atoms with Crippen LogP contribution in [0.25, 0.3) is 10.9 Å². The van der Waals surface area contributed by atoms with Gasteiger partial charge in [-0.2, -0.15) is 14.0 Å². The Kier molecular flexibility index (Phi) is 6.65. The average Bonchev–Trinajstić information content (AvgIpc) is 2.88. The molecule has 0 unspecified atom stereocenters. The maximum absolute atomic E-state index is 14.8. The summed E-state index contributed by atoms with van der Waals surface area (Å²) < 4.78 is 60.7. The quantitative estimate of drug-likeness (QED) is 0.351. The van der Waals surface area contributed by atoms with Crippen LogP contribution >= 0.6 is 0 Å². The summed E-state index contributed by atoms with van der Waals surface area (Å²) >= 11 is 0. The van der Waals surface area contributed by atoms with Crippen molar-refractivity contribution in [3.63, 3.8) is 0 Å². The van der Waals surface area contributed by atoms with Crippen LogP contribution in [0.5, 0.6) is 23.0 Å². The van der Waals surface area contributed by atoms with Crippen molar-refractivity contribution >= 4 is 22.5 Å². The predicted octanol–water partition coefficient (Wildman–Crippen LogP) is 5.79. The van der Waals surface area contributed by atoms with E-state index < -0.39 is 23.2 Å². The van der Waals surface area contributed by atoms with E-state index in [9.17, 15) is 18.0 Å². The fourth-order valence-electron chi connectivity index (χ4n) is 3.48. The zero-order valence-electron chi connectivity index (χ0n) is 19.0. The van der Waals surface area contributed by atoms with Gasteiger partial charge in [0, 0.05) is 29.4 Å². The molecule has 0 bridgehead atoms. The summed E-state index contributed by atoms with van der Waals surface area (Å²) in [6.45, 7) is 0. The van der Waals surface area contributed by atoms with Gasteiger partial charge in [0.1, 0.15) is 17.3 Å². The highest BCUT2D eigenvalue weighted by atomic mass is 19.3. The van der Waals surface area contributed by atoms with E-state index in [0.717, 1.165) is 18.2 Å². The number of nitrogens with one attached hydrogen (secondary N) is 1. The molecule has 36 heavy (non-hydrogen) atoms. The first-order valence-electron chi connectivity index (χ1n) is 10.4. The standard InChI is InChI=1S/C26H18F3N3O4/c1-34-23-12-18-21(13-24(23)35-2)31-9-8-22(18)36-17-6-7-19(20(27)11-17)26(28,29)25(33)32-16-5-3-4-15(10-16)14-30/h3-13H,1-2H3,(H,32,33). The van der Waals surface area contributed by atoms with E-state index in [2.05, 4.69) is 4.98 Å². The van der Waals surface area contributed by atoms with E-state index in [-0.39, 0.29) is 22.7 Å². The van der Waals surface area contributed by atoms with Crippen molar-refractivity contribution in [2.45, 2.75) is 5.92 Å². The third kappa shape index (κ3) is 4.72. The number of fused-ring (bicyclic) bond motifs is 1. The lowest BCUT2D eigenvalue weighted by atomic mass is 10.1. The Morgan fingerprint density at radius 1 is 1.00 bits per heavy atom. The number of anilines is 1. The van der Waals surface area contributed by atoms with Crippen LogP contribution in [-0.2, 0) is 10.7 Å². The van der Waals surface area contributed by atoms with E-state index >= 15 is 0 Å². The Bertz CT molecular complexity index is 1500. The second kappa shape index (κ2) is 9.84. The monoisotopic (exact) mass is 493 g/mol. The van der Waals surface area contributed by atoms with Crippen molar-refractivity contribution in [1.29, 1.82) is 5.26 Å². The molecule has 1 amide bonds. The molecule has 0 aliphatic rings. The molecule has 182 valence electrons. The van der Waals surface area contributed by atoms with E-state index in [1.807, 2.05) is 11.4 Å². The molecule has 1 N–H and O–H groups in total. The summed E-state index contributed by atoms with van der Waals surface area (Å²) in [7, 11) is 2.94. The van der Waals surface area contributed by atoms with Crippen molar-refractivity contribution in [3.05, 3.63) is 83.8 Å². The number of halogens is 3. The number of hydrogen-bond acceptors (Lipinski definition) is 6. The van der Waals surface area contributed by atoms with Crippen molar-refractivity contribution < 1.29 is 32.2 Å². The van der Waals surface area contributed by atoms with Gasteiger partial charge in [0.2, 0.25) is 0 Å². The normalized spacial score (nSPS) is 11.0. The molecule has 0 aliphatic carbocycles. The molecule has 0 fully saturated rings. The highest BCUT2D eigenvalue weighted by Crippen LogP contribution is 2.38. The van der Waals surface area contributed by atoms with Gasteiger partial charge in [-0.05, 0) is 42.5 Å². The minimum atomic E-state index is -4.20. The lowest BCUT2D eigenvalue weighted by Crippen LogP contribution is -2.33. The third-order valence-electron chi connectivity index (χ3n) is 5.25. The number of aromatic nitrogens is 1. The maximum atomic E-state index is 14.8. The number of ether oxygens (including phenoxy) is 3. The van der Waals surface area contributed by atoms with Crippen LogP contribution in [0.2, 0.25) is 0 Å². The molecular formula is C26H18F3N3O4. The minimum absolute atomic E-state index is 0.0179. The highest BCUT2D eigenvalue weighted by molar-refractivity contribution is 5.97. The predicted molar refractivity (Wildman–Crippen MR) is 125 cm³/mol. The third-order valence-corrected chi connectivity index (χ3v) is 5.25. The Balaban J connectivity index is 1.60. The molecule has 0 atom stereocenters. The molecular weight excluding hydrogens is 475 g/mol. The van der Waals surface area contributed by atoms with E-state index in [1.54, 1.807) is 12.1 Å². The molecule has 3 aromatic carbocycles. The number of carbonyl (C=O) groups is 1. The molecule has 10 heteroatoms. The van der Waals surface area contributed by atoms with Gasteiger partial charge in [0.15, 0.2) is 11.5 Å². The second-order valence-electron chi connectivity index (χ2n) is 7.50. The van der Waals surface area contributed by atoms with Gasteiger partial charge in [-0.25, -0.2) is 4.39 Å². The average molecular weight is 493 g/mol. The van der Waals surface area contributed by atoms with Crippen molar-refractivity contribution in [1.82, 2.24) is 4.98 Å². The first-order chi connectivity index (χ1) is 17.3. The van der Waals surface area contributed by atoms with Crippen molar-refractivity contribution in [3.8, 4) is 29.1 Å². The Labute approximate surface area is 203 Å². The van der Waals surface area contributed by atoms with Crippen LogP contribution in [0.15, 0.2) is 66.9 Å². The summed E-state index contributed by atoms with van der Waals surface area (Å²) in [5.74, 6) is -6.22. The van der Waals surface area contributed by atoms with Crippen LogP contribution < -0.4 is 19.5 Å². The number of amides is 1. The first kappa shape index (κ1) is 24.3. The van der Waals surface area contributed by atoms with Gasteiger partial charge in [-0.3, -0.25) is 9.78 Å². The van der Waals surface area contributed by atoms with Gasteiger partial charge in [-0.15, -0.1) is 0 Å². The SMILES string of the molecule is COc1cc2nccc(Oc3ccc(C(F)(F)C(=O)Nc4cccc(C#N)c4)c(F)c3)c2cc1OC.